The van der Waals surface area contributed by atoms with Gasteiger partial charge >= 0.3 is 0 Å². The maximum atomic E-state index is 5.11. The maximum absolute atomic E-state index is 5.11. The summed E-state index contributed by atoms with van der Waals surface area (Å²) < 4.78 is 5.11. The number of nitrogens with zero attached hydrogens (tertiary/aromatic N) is 1. The van der Waals surface area contributed by atoms with Crippen molar-refractivity contribution in [3.63, 3.8) is 0 Å². The Morgan fingerprint density at radius 2 is 1.94 bits per heavy atom. The van der Waals surface area contributed by atoms with E-state index in [0.717, 1.165) is 22.7 Å². The lowest BCUT2D eigenvalue weighted by Gasteiger charge is -2.02. The molecule has 0 bridgehead atoms. The van der Waals surface area contributed by atoms with E-state index in [9.17, 15) is 0 Å². The lowest BCUT2D eigenvalue weighted by Crippen LogP contribution is -1.93. The van der Waals surface area contributed by atoms with Gasteiger partial charge in [0.25, 0.3) is 0 Å². The van der Waals surface area contributed by atoms with Crippen LogP contribution >= 0.6 is 0 Å². The Morgan fingerprint density at radius 3 is 2.44 bits per heavy atom. The Kier molecular flexibility index (Phi) is 5.65. The van der Waals surface area contributed by atoms with Gasteiger partial charge in [-0.25, -0.2) is 0 Å². The van der Waals surface area contributed by atoms with Crippen LogP contribution < -0.4 is 4.74 Å². The second-order valence-electron chi connectivity index (χ2n) is 3.75. The van der Waals surface area contributed by atoms with Crippen LogP contribution in [0.1, 0.15) is 13.8 Å². The number of aliphatic imine (C=N–C) groups is 1. The summed E-state index contributed by atoms with van der Waals surface area (Å²) in [7, 11) is 1.65. The minimum Gasteiger partial charge on any atom is -0.497 e. The Balaban J connectivity index is 2.95. The molecule has 0 heterocycles. The van der Waals surface area contributed by atoms with E-state index >= 15 is 0 Å². The first kappa shape index (κ1) is 14.0. The molecule has 0 aliphatic carbocycles. The van der Waals surface area contributed by atoms with Gasteiger partial charge in [0, 0.05) is 5.71 Å². The van der Waals surface area contributed by atoms with Crippen LogP contribution in [-0.2, 0) is 0 Å². The minimum absolute atomic E-state index is 0.833. The molecule has 0 radical (unpaired) electrons. The van der Waals surface area contributed by atoms with Crippen LogP contribution in [-0.4, -0.2) is 12.8 Å². The molecule has 0 saturated carbocycles. The molecule has 0 amide bonds. The number of hydrogen-bond acceptors (Lipinski definition) is 2. The third-order valence-electron chi connectivity index (χ3n) is 2.48. The van der Waals surface area contributed by atoms with Crippen LogP contribution in [0.5, 0.6) is 5.75 Å². The van der Waals surface area contributed by atoms with E-state index in [2.05, 4.69) is 11.6 Å². The highest BCUT2D eigenvalue weighted by Crippen LogP contribution is 2.19. The fraction of sp³-hybridized carbons (Fsp3) is 0.188. The van der Waals surface area contributed by atoms with Crippen LogP contribution in [0.3, 0.4) is 0 Å². The van der Waals surface area contributed by atoms with Crippen LogP contribution in [0.15, 0.2) is 65.7 Å². The molecule has 0 N–H and O–H groups in total. The molecule has 0 aromatic heterocycles. The van der Waals surface area contributed by atoms with Gasteiger partial charge in [0.05, 0.1) is 12.8 Å². The third kappa shape index (κ3) is 4.06. The smallest absolute Gasteiger partial charge is 0.119 e. The largest absolute Gasteiger partial charge is 0.497 e. The van der Waals surface area contributed by atoms with Crippen molar-refractivity contribution in [1.29, 1.82) is 0 Å². The molecule has 0 spiro atoms. The topological polar surface area (TPSA) is 21.6 Å². The average molecular weight is 241 g/mol. The number of hydrogen-bond donors (Lipinski definition) is 0. The Labute approximate surface area is 109 Å². The lowest BCUT2D eigenvalue weighted by molar-refractivity contribution is 0.415. The first-order valence-corrected chi connectivity index (χ1v) is 5.86. The van der Waals surface area contributed by atoms with Crippen LogP contribution in [0.2, 0.25) is 0 Å². The molecule has 1 aromatic rings. The van der Waals surface area contributed by atoms with E-state index in [1.807, 2.05) is 62.4 Å². The molecule has 0 saturated heterocycles. The van der Waals surface area contributed by atoms with Crippen LogP contribution in [0.4, 0.5) is 5.69 Å². The molecular weight excluding hydrogens is 222 g/mol. The van der Waals surface area contributed by atoms with E-state index in [1.165, 1.54) is 0 Å². The van der Waals surface area contributed by atoms with Crippen LogP contribution in [0.25, 0.3) is 0 Å². The SMILES string of the molecule is C=C/C(=C\C=C/C)C(C)=Nc1ccc(OC)cc1. The summed E-state index contributed by atoms with van der Waals surface area (Å²) in [4.78, 5) is 4.55. The van der Waals surface area contributed by atoms with Gasteiger partial charge in [-0.3, -0.25) is 4.99 Å². The molecular formula is C16H19NO. The molecule has 94 valence electrons. The van der Waals surface area contributed by atoms with Crippen molar-refractivity contribution in [2.75, 3.05) is 7.11 Å². The fourth-order valence-corrected chi connectivity index (χ4v) is 1.45. The number of methoxy groups -OCH3 is 1. The first-order chi connectivity index (χ1) is 8.71. The van der Waals surface area contributed by atoms with E-state index in [0.29, 0.717) is 0 Å². The van der Waals surface area contributed by atoms with Crippen molar-refractivity contribution in [1.82, 2.24) is 0 Å². The van der Waals surface area contributed by atoms with Crippen molar-refractivity contribution in [3.05, 3.63) is 60.7 Å². The molecule has 1 aromatic carbocycles. The second kappa shape index (κ2) is 7.28. The first-order valence-electron chi connectivity index (χ1n) is 5.86. The van der Waals surface area contributed by atoms with Gasteiger partial charge < -0.3 is 4.74 Å². The Hall–Kier alpha value is -2.09. The van der Waals surface area contributed by atoms with Crippen molar-refractivity contribution < 1.29 is 4.74 Å². The molecule has 1 rings (SSSR count). The van der Waals surface area contributed by atoms with E-state index in [-0.39, 0.29) is 0 Å². The predicted octanol–water partition coefficient (Wildman–Crippen LogP) is 4.48. The summed E-state index contributed by atoms with van der Waals surface area (Å²) in [5.41, 5.74) is 2.86. The number of allylic oxidation sites excluding steroid dienone is 5. The Bertz CT molecular complexity index is 478. The summed E-state index contributed by atoms with van der Waals surface area (Å²) in [6.45, 7) is 7.75. The molecule has 0 aliphatic rings. The number of rotatable bonds is 5. The van der Waals surface area contributed by atoms with Gasteiger partial charge in [-0.2, -0.15) is 0 Å². The van der Waals surface area contributed by atoms with Gasteiger partial charge in [0.15, 0.2) is 0 Å². The minimum atomic E-state index is 0.833. The standard InChI is InChI=1S/C16H19NO/c1-5-7-8-14(6-2)13(3)17-15-9-11-16(18-4)12-10-15/h5-12H,2H2,1,3-4H3/b7-5-,14-8+,17-13?. The van der Waals surface area contributed by atoms with Gasteiger partial charge in [-0.05, 0) is 43.7 Å². The third-order valence-corrected chi connectivity index (χ3v) is 2.48. The summed E-state index contributed by atoms with van der Waals surface area (Å²) in [6, 6.07) is 7.65. The van der Waals surface area contributed by atoms with Gasteiger partial charge in [-0.1, -0.05) is 30.9 Å². The molecule has 0 atom stereocenters. The van der Waals surface area contributed by atoms with Gasteiger partial charge in [-0.15, -0.1) is 0 Å². The van der Waals surface area contributed by atoms with E-state index in [1.54, 1.807) is 7.11 Å². The fourth-order valence-electron chi connectivity index (χ4n) is 1.45. The maximum Gasteiger partial charge on any atom is 0.119 e. The zero-order valence-corrected chi connectivity index (χ0v) is 11.2. The molecule has 0 fully saturated rings. The van der Waals surface area contributed by atoms with E-state index < -0.39 is 0 Å². The zero-order chi connectivity index (χ0) is 13.4. The number of benzene rings is 1. The summed E-state index contributed by atoms with van der Waals surface area (Å²) >= 11 is 0. The van der Waals surface area contributed by atoms with Crippen LogP contribution in [0, 0.1) is 0 Å². The zero-order valence-electron chi connectivity index (χ0n) is 11.2. The molecule has 2 nitrogen and oxygen atoms in total. The quantitative estimate of drug-likeness (QED) is 0.550. The lowest BCUT2D eigenvalue weighted by atomic mass is 10.1. The molecule has 18 heavy (non-hydrogen) atoms. The van der Waals surface area contributed by atoms with Crippen molar-refractivity contribution >= 4 is 11.4 Å². The normalized spacial score (nSPS) is 12.8. The monoisotopic (exact) mass is 241 g/mol. The highest BCUT2D eigenvalue weighted by atomic mass is 16.5. The molecule has 0 unspecified atom stereocenters. The second-order valence-corrected chi connectivity index (χ2v) is 3.75. The van der Waals surface area contributed by atoms with Crippen molar-refractivity contribution in [2.45, 2.75) is 13.8 Å². The van der Waals surface area contributed by atoms with Gasteiger partial charge in [0.1, 0.15) is 5.75 Å². The van der Waals surface area contributed by atoms with E-state index in [4.69, 9.17) is 4.74 Å². The predicted molar refractivity (Wildman–Crippen MR) is 78.9 cm³/mol. The van der Waals surface area contributed by atoms with Gasteiger partial charge in [0.2, 0.25) is 0 Å². The Morgan fingerprint density at radius 1 is 1.28 bits per heavy atom. The van der Waals surface area contributed by atoms with Crippen molar-refractivity contribution in [2.24, 2.45) is 4.99 Å². The summed E-state index contributed by atoms with van der Waals surface area (Å²) in [5, 5.41) is 0. The highest BCUT2D eigenvalue weighted by molar-refractivity contribution is 6.02. The summed E-state index contributed by atoms with van der Waals surface area (Å²) in [6.07, 6.45) is 7.76. The average Bonchev–Trinajstić information content (AvgIpc) is 2.40. The number of ether oxygens (including phenoxy) is 1. The molecule has 0 aliphatic heterocycles. The summed E-state index contributed by atoms with van der Waals surface area (Å²) in [5.74, 6) is 0.833. The van der Waals surface area contributed by atoms with Crippen molar-refractivity contribution in [3.8, 4) is 5.75 Å². The highest BCUT2D eigenvalue weighted by Gasteiger charge is 1.97. The molecule has 2 heteroatoms.